The first-order valence-corrected chi connectivity index (χ1v) is 12.6. The Hall–Kier alpha value is -2.75. The summed E-state index contributed by atoms with van der Waals surface area (Å²) >= 11 is 0. The maximum absolute atomic E-state index is 12.9. The summed E-state index contributed by atoms with van der Waals surface area (Å²) in [7, 11) is 1.68. The number of nitrogens with zero attached hydrogens (tertiary/aromatic N) is 6. The van der Waals surface area contributed by atoms with Gasteiger partial charge in [0, 0.05) is 66.3 Å². The van der Waals surface area contributed by atoms with Gasteiger partial charge < -0.3 is 14.5 Å². The van der Waals surface area contributed by atoms with E-state index < -0.39 is 0 Å². The van der Waals surface area contributed by atoms with Gasteiger partial charge in [-0.3, -0.25) is 14.6 Å². The molecule has 3 saturated heterocycles. The summed E-state index contributed by atoms with van der Waals surface area (Å²) in [6.45, 7) is 10.9. The third-order valence-corrected chi connectivity index (χ3v) is 7.78. The van der Waals surface area contributed by atoms with Gasteiger partial charge in [0.05, 0.1) is 31.3 Å². The second-order valence-corrected chi connectivity index (χ2v) is 10.3. The highest BCUT2D eigenvalue weighted by Gasteiger charge is 2.45. The van der Waals surface area contributed by atoms with Gasteiger partial charge in [0.1, 0.15) is 0 Å². The number of hydrogen-bond donors (Lipinski definition) is 0. The fourth-order valence-electron chi connectivity index (χ4n) is 5.45. The molecule has 3 fully saturated rings. The van der Waals surface area contributed by atoms with Crippen molar-refractivity contribution in [3.63, 3.8) is 0 Å². The van der Waals surface area contributed by atoms with Crippen molar-refractivity contribution < 1.29 is 14.3 Å². The minimum Gasteiger partial charge on any atom is -0.379 e. The second kappa shape index (κ2) is 10.1. The number of ether oxygens (including phenoxy) is 1. The van der Waals surface area contributed by atoms with Crippen molar-refractivity contribution in [3.05, 3.63) is 47.8 Å². The summed E-state index contributed by atoms with van der Waals surface area (Å²) in [5.41, 5.74) is 3.69. The number of hydrogen-bond acceptors (Lipinski definition) is 6. The van der Waals surface area contributed by atoms with Crippen LogP contribution in [0.4, 0.5) is 10.5 Å². The van der Waals surface area contributed by atoms with E-state index in [2.05, 4.69) is 39.2 Å². The van der Waals surface area contributed by atoms with Gasteiger partial charge in [-0.25, -0.2) is 4.79 Å². The third-order valence-electron chi connectivity index (χ3n) is 7.78. The van der Waals surface area contributed by atoms with Crippen LogP contribution in [-0.4, -0.2) is 95.9 Å². The summed E-state index contributed by atoms with van der Waals surface area (Å²) < 4.78 is 6.79. The number of carbonyl (C=O) groups is 2. The Labute approximate surface area is 207 Å². The molecule has 1 spiro atoms. The van der Waals surface area contributed by atoms with Crippen molar-refractivity contribution in [1.82, 2.24) is 24.5 Å². The van der Waals surface area contributed by atoms with E-state index >= 15 is 0 Å². The Bertz CT molecular complexity index is 1030. The van der Waals surface area contributed by atoms with E-state index in [4.69, 9.17) is 4.74 Å². The topological polar surface area (TPSA) is 74.2 Å². The summed E-state index contributed by atoms with van der Waals surface area (Å²) in [5, 5.41) is 4.18. The molecule has 0 aliphatic carbocycles. The minimum absolute atomic E-state index is 0.0876. The molecule has 35 heavy (non-hydrogen) atoms. The zero-order valence-electron chi connectivity index (χ0n) is 20.9. The lowest BCUT2D eigenvalue weighted by atomic mass is 9.72. The zero-order chi connectivity index (χ0) is 24.4. The smallest absolute Gasteiger partial charge is 0.344 e. The molecule has 0 radical (unpaired) electrons. The lowest BCUT2D eigenvalue weighted by Crippen LogP contribution is -2.60. The van der Waals surface area contributed by atoms with Crippen LogP contribution in [0.2, 0.25) is 0 Å². The molecular formula is C26H36N6O3. The molecule has 4 heterocycles. The van der Waals surface area contributed by atoms with Gasteiger partial charge in [-0.05, 0) is 29.4 Å². The highest BCUT2D eigenvalue weighted by Crippen LogP contribution is 2.41. The quantitative estimate of drug-likeness (QED) is 0.654. The fourth-order valence-corrected chi connectivity index (χ4v) is 5.45. The first-order valence-electron chi connectivity index (χ1n) is 12.6. The maximum Gasteiger partial charge on any atom is 0.344 e. The second-order valence-electron chi connectivity index (χ2n) is 10.3. The molecule has 0 N–H and O–H groups in total. The van der Waals surface area contributed by atoms with Crippen LogP contribution < -0.4 is 4.90 Å². The summed E-state index contributed by atoms with van der Waals surface area (Å²) in [5.74, 6) is -0.0876. The molecule has 188 valence electrons. The molecule has 2 amide bonds. The Morgan fingerprint density at radius 2 is 1.57 bits per heavy atom. The molecule has 9 heteroatoms. The highest BCUT2D eigenvalue weighted by molar-refractivity contribution is 5.91. The average molecular weight is 481 g/mol. The van der Waals surface area contributed by atoms with Crippen LogP contribution in [0, 0.1) is 5.41 Å². The Morgan fingerprint density at radius 1 is 0.971 bits per heavy atom. The SMILES string of the molecule is CC(=O)N(C)c1cnn(C(=O)N2CCC3(CC2)CN(Cc2ccc(CN4CCOCC4)cc2)C3)c1. The van der Waals surface area contributed by atoms with Crippen LogP contribution in [0.1, 0.15) is 30.9 Å². The van der Waals surface area contributed by atoms with Gasteiger partial charge in [-0.1, -0.05) is 24.3 Å². The molecular weight excluding hydrogens is 444 g/mol. The first kappa shape index (κ1) is 24.0. The van der Waals surface area contributed by atoms with E-state index in [1.54, 1.807) is 19.4 Å². The van der Waals surface area contributed by atoms with E-state index in [0.717, 1.165) is 78.4 Å². The number of morpholine rings is 1. The van der Waals surface area contributed by atoms with Gasteiger partial charge in [0.15, 0.2) is 0 Å². The van der Waals surface area contributed by atoms with Crippen molar-refractivity contribution in [2.75, 3.05) is 64.4 Å². The fraction of sp³-hybridized carbons (Fsp3) is 0.577. The normalized spacial score (nSPS) is 20.6. The molecule has 0 bridgehead atoms. The van der Waals surface area contributed by atoms with Gasteiger partial charge in [0.2, 0.25) is 5.91 Å². The van der Waals surface area contributed by atoms with Crippen LogP contribution in [0.5, 0.6) is 0 Å². The van der Waals surface area contributed by atoms with Crippen LogP contribution in [-0.2, 0) is 22.6 Å². The number of likely N-dealkylation sites (tertiary alicyclic amines) is 2. The van der Waals surface area contributed by atoms with E-state index in [1.807, 2.05) is 4.90 Å². The van der Waals surface area contributed by atoms with Crippen molar-refractivity contribution in [1.29, 1.82) is 0 Å². The van der Waals surface area contributed by atoms with E-state index in [9.17, 15) is 9.59 Å². The van der Waals surface area contributed by atoms with Crippen molar-refractivity contribution in [2.45, 2.75) is 32.9 Å². The predicted octanol–water partition coefficient (Wildman–Crippen LogP) is 2.26. The number of amides is 2. The number of anilines is 1. The van der Waals surface area contributed by atoms with Crippen molar-refractivity contribution in [2.24, 2.45) is 5.41 Å². The van der Waals surface area contributed by atoms with Gasteiger partial charge in [0.25, 0.3) is 0 Å². The molecule has 2 aromatic rings. The molecule has 0 unspecified atom stereocenters. The number of aromatic nitrogens is 2. The molecule has 1 aromatic carbocycles. The standard InChI is InChI=1S/C26H36N6O3/c1-21(33)28(2)24-15-27-32(18-24)25(34)31-9-7-26(8-10-31)19-30(20-26)17-23-5-3-22(4-6-23)16-29-11-13-35-14-12-29/h3-6,15,18H,7-14,16-17,19-20H2,1-2H3. The van der Waals surface area contributed by atoms with E-state index in [-0.39, 0.29) is 11.9 Å². The molecule has 3 aliphatic rings. The van der Waals surface area contributed by atoms with E-state index in [0.29, 0.717) is 11.1 Å². The highest BCUT2D eigenvalue weighted by atomic mass is 16.5. The lowest BCUT2D eigenvalue weighted by molar-refractivity contribution is -0.116. The Morgan fingerprint density at radius 3 is 2.17 bits per heavy atom. The number of benzene rings is 1. The number of carbonyl (C=O) groups excluding carboxylic acids is 2. The number of rotatable bonds is 5. The summed E-state index contributed by atoms with van der Waals surface area (Å²) in [6.07, 6.45) is 5.24. The largest absolute Gasteiger partial charge is 0.379 e. The lowest BCUT2D eigenvalue weighted by Gasteiger charge is -2.54. The molecule has 0 atom stereocenters. The zero-order valence-corrected chi connectivity index (χ0v) is 20.9. The molecule has 3 aliphatic heterocycles. The molecule has 5 rings (SSSR count). The van der Waals surface area contributed by atoms with Crippen LogP contribution in [0.25, 0.3) is 0 Å². The van der Waals surface area contributed by atoms with Crippen molar-refractivity contribution >= 4 is 17.6 Å². The summed E-state index contributed by atoms with van der Waals surface area (Å²) in [4.78, 5) is 32.8. The van der Waals surface area contributed by atoms with Gasteiger partial charge >= 0.3 is 6.03 Å². The van der Waals surface area contributed by atoms with E-state index in [1.165, 1.54) is 27.6 Å². The van der Waals surface area contributed by atoms with Crippen LogP contribution in [0.15, 0.2) is 36.7 Å². The predicted molar refractivity (Wildman–Crippen MR) is 133 cm³/mol. The minimum atomic E-state index is -0.114. The van der Waals surface area contributed by atoms with Gasteiger partial charge in [-0.15, -0.1) is 0 Å². The first-order chi connectivity index (χ1) is 16.9. The third kappa shape index (κ3) is 5.42. The van der Waals surface area contributed by atoms with Crippen LogP contribution >= 0.6 is 0 Å². The summed E-state index contributed by atoms with van der Waals surface area (Å²) in [6, 6.07) is 8.95. The monoisotopic (exact) mass is 480 g/mol. The average Bonchev–Trinajstić information content (AvgIpc) is 3.34. The van der Waals surface area contributed by atoms with Crippen LogP contribution in [0.3, 0.4) is 0 Å². The Kier molecular flexibility index (Phi) is 6.91. The van der Waals surface area contributed by atoms with Crippen molar-refractivity contribution in [3.8, 4) is 0 Å². The molecule has 9 nitrogen and oxygen atoms in total. The molecule has 0 saturated carbocycles. The number of piperidine rings is 1. The molecule has 1 aromatic heterocycles. The Balaban J connectivity index is 1.07. The maximum atomic E-state index is 12.9. The van der Waals surface area contributed by atoms with Gasteiger partial charge in [-0.2, -0.15) is 9.78 Å².